The number of ether oxygens (including phenoxy) is 3. The van der Waals surface area contributed by atoms with Gasteiger partial charge in [0, 0.05) is 30.3 Å². The quantitative estimate of drug-likeness (QED) is 0.222. The Morgan fingerprint density at radius 1 is 0.971 bits per heavy atom. The highest BCUT2D eigenvalue weighted by Crippen LogP contribution is 2.30. The van der Waals surface area contributed by atoms with Crippen LogP contribution in [0.15, 0.2) is 34.7 Å². The van der Waals surface area contributed by atoms with Crippen molar-refractivity contribution in [2.75, 3.05) is 13.2 Å². The van der Waals surface area contributed by atoms with Crippen LogP contribution >= 0.6 is 0 Å². The Balaban J connectivity index is 1.41. The summed E-state index contributed by atoms with van der Waals surface area (Å²) >= 11 is 0. The number of hydrogen-bond donors (Lipinski definition) is 0. The zero-order valence-corrected chi connectivity index (χ0v) is 18.8. The van der Waals surface area contributed by atoms with Gasteiger partial charge in [0.1, 0.15) is 6.42 Å². The molecule has 0 radical (unpaired) electrons. The van der Waals surface area contributed by atoms with Crippen LogP contribution in [-0.4, -0.2) is 48.8 Å². The number of furan rings is 1. The van der Waals surface area contributed by atoms with Gasteiger partial charge < -0.3 is 18.6 Å². The van der Waals surface area contributed by atoms with E-state index in [0.29, 0.717) is 26.1 Å². The van der Waals surface area contributed by atoms with Gasteiger partial charge in [-0.05, 0) is 18.9 Å². The summed E-state index contributed by atoms with van der Waals surface area (Å²) in [6.07, 6.45) is -0.806. The normalized spacial score (nSPS) is 16.6. The number of benzene rings is 1. The fourth-order valence-corrected chi connectivity index (χ4v) is 3.84. The van der Waals surface area contributed by atoms with Crippen molar-refractivity contribution >= 4 is 29.3 Å². The fourth-order valence-electron chi connectivity index (χ4n) is 3.84. The monoisotopic (exact) mass is 468 g/mol. The van der Waals surface area contributed by atoms with Gasteiger partial charge in [-0.3, -0.25) is 24.0 Å². The molecule has 2 heterocycles. The van der Waals surface area contributed by atoms with E-state index in [1.54, 1.807) is 26.0 Å². The minimum atomic E-state index is -1.15. The van der Waals surface area contributed by atoms with Crippen molar-refractivity contribution < 1.29 is 42.6 Å². The van der Waals surface area contributed by atoms with Crippen LogP contribution in [0.3, 0.4) is 0 Å². The molecule has 0 amide bonds. The molecule has 1 atom stereocenters. The topological polar surface area (TPSA) is 126 Å². The van der Waals surface area contributed by atoms with Gasteiger partial charge in [0.2, 0.25) is 17.9 Å². The predicted octanol–water partition coefficient (Wildman–Crippen LogP) is 3.12. The lowest BCUT2D eigenvalue weighted by molar-refractivity contribution is -0.199. The molecule has 34 heavy (non-hydrogen) atoms. The average Bonchev–Trinajstić information content (AvgIpc) is 3.29. The number of esters is 2. The van der Waals surface area contributed by atoms with E-state index in [1.807, 2.05) is 0 Å². The molecule has 2 aromatic rings. The van der Waals surface area contributed by atoms with Crippen LogP contribution in [0.5, 0.6) is 0 Å². The number of ketones is 3. The molecule has 1 aliphatic carbocycles. The maximum Gasteiger partial charge on any atom is 0.316 e. The van der Waals surface area contributed by atoms with E-state index in [9.17, 15) is 24.0 Å². The van der Waals surface area contributed by atoms with Crippen LogP contribution in [0.1, 0.15) is 75.7 Å². The maximum absolute atomic E-state index is 12.7. The lowest BCUT2D eigenvalue weighted by atomic mass is 9.88. The van der Waals surface area contributed by atoms with Crippen molar-refractivity contribution in [3.05, 3.63) is 58.5 Å². The molecule has 0 saturated carbocycles. The second-order valence-corrected chi connectivity index (χ2v) is 8.58. The van der Waals surface area contributed by atoms with Crippen molar-refractivity contribution in [2.24, 2.45) is 11.8 Å². The van der Waals surface area contributed by atoms with Crippen molar-refractivity contribution in [3.63, 3.8) is 0 Å². The molecule has 1 aromatic carbocycles. The summed E-state index contributed by atoms with van der Waals surface area (Å²) in [4.78, 5) is 62.8. The summed E-state index contributed by atoms with van der Waals surface area (Å²) in [6, 6.07) is 7.47. The van der Waals surface area contributed by atoms with E-state index in [2.05, 4.69) is 0 Å². The van der Waals surface area contributed by atoms with Crippen LogP contribution in [0.25, 0.3) is 0 Å². The van der Waals surface area contributed by atoms with E-state index in [0.717, 1.165) is 0 Å². The molecule has 9 heteroatoms. The molecule has 1 aliphatic heterocycles. The minimum Gasteiger partial charge on any atom is -0.449 e. The standard InChI is InChI=1S/C25H24O9/c1-13(2)25(34-24(30)14-7-9-31-10-8-14)33-20(27)12-18(26)19-11-17-21(28)15-5-3-4-6-16(15)22(29)23(17)32-19/h3-6,11,13-14,25H,7-10,12H2,1-2H3. The van der Waals surface area contributed by atoms with Gasteiger partial charge >= 0.3 is 11.9 Å². The zero-order chi connectivity index (χ0) is 24.4. The molecule has 178 valence electrons. The Bertz CT molecular complexity index is 1100. The average molecular weight is 468 g/mol. The molecule has 0 spiro atoms. The first-order valence-corrected chi connectivity index (χ1v) is 11.1. The zero-order valence-electron chi connectivity index (χ0n) is 18.8. The Kier molecular flexibility index (Phi) is 6.74. The van der Waals surface area contributed by atoms with Crippen molar-refractivity contribution in [2.45, 2.75) is 39.4 Å². The SMILES string of the molecule is CC(C)C(OC(=O)CC(=O)c1cc2c(o1)C(=O)c1ccccc1C2=O)OC(=O)C1CCOCC1. The summed E-state index contributed by atoms with van der Waals surface area (Å²) in [6.45, 7) is 4.35. The molecule has 9 nitrogen and oxygen atoms in total. The van der Waals surface area contributed by atoms with Gasteiger partial charge in [-0.15, -0.1) is 0 Å². The summed E-state index contributed by atoms with van der Waals surface area (Å²) < 4.78 is 21.2. The molecule has 1 unspecified atom stereocenters. The van der Waals surface area contributed by atoms with Gasteiger partial charge in [-0.2, -0.15) is 0 Å². The predicted molar refractivity (Wildman–Crippen MR) is 115 cm³/mol. The third-order valence-electron chi connectivity index (χ3n) is 5.76. The van der Waals surface area contributed by atoms with Gasteiger partial charge in [0.15, 0.2) is 17.3 Å². The smallest absolute Gasteiger partial charge is 0.316 e. The Morgan fingerprint density at radius 2 is 1.62 bits per heavy atom. The van der Waals surface area contributed by atoms with E-state index >= 15 is 0 Å². The summed E-state index contributed by atoms with van der Waals surface area (Å²) in [5, 5.41) is 0. The number of hydrogen-bond acceptors (Lipinski definition) is 9. The van der Waals surface area contributed by atoms with Crippen molar-refractivity contribution in [1.29, 1.82) is 0 Å². The third kappa shape index (κ3) is 4.70. The van der Waals surface area contributed by atoms with E-state index in [1.165, 1.54) is 18.2 Å². The number of carbonyl (C=O) groups is 5. The van der Waals surface area contributed by atoms with E-state index in [4.69, 9.17) is 18.6 Å². The molecule has 0 N–H and O–H groups in total. The highest BCUT2D eigenvalue weighted by Gasteiger charge is 2.35. The number of fused-ring (bicyclic) bond motifs is 2. The van der Waals surface area contributed by atoms with Gasteiger partial charge in [0.25, 0.3) is 0 Å². The second kappa shape index (κ2) is 9.72. The van der Waals surface area contributed by atoms with Crippen molar-refractivity contribution in [1.82, 2.24) is 0 Å². The highest BCUT2D eigenvalue weighted by molar-refractivity contribution is 6.28. The molecule has 2 aliphatic rings. The Morgan fingerprint density at radius 3 is 2.26 bits per heavy atom. The third-order valence-corrected chi connectivity index (χ3v) is 5.76. The minimum absolute atomic E-state index is 0.0223. The molecule has 1 aromatic heterocycles. The first kappa shape index (κ1) is 23.6. The van der Waals surface area contributed by atoms with Crippen LogP contribution in [0.2, 0.25) is 0 Å². The number of Topliss-reactive ketones (excluding diaryl/α,β-unsaturated/α-hetero) is 1. The lowest BCUT2D eigenvalue weighted by Crippen LogP contribution is -2.34. The summed E-state index contributed by atoms with van der Waals surface area (Å²) in [5.41, 5.74) is 0.398. The van der Waals surface area contributed by atoms with Gasteiger partial charge in [-0.25, -0.2) is 0 Å². The van der Waals surface area contributed by atoms with Crippen LogP contribution in [0, 0.1) is 11.8 Å². The molecule has 4 rings (SSSR count). The number of rotatable bonds is 7. The first-order chi connectivity index (χ1) is 16.3. The molecule has 1 saturated heterocycles. The molecular formula is C25H24O9. The molecule has 1 fully saturated rings. The highest BCUT2D eigenvalue weighted by atomic mass is 16.7. The fraction of sp³-hybridized carbons (Fsp3) is 0.400. The van der Waals surface area contributed by atoms with E-state index in [-0.39, 0.29) is 40.0 Å². The second-order valence-electron chi connectivity index (χ2n) is 8.58. The Hall–Kier alpha value is -3.59. The van der Waals surface area contributed by atoms with Crippen LogP contribution in [-0.2, 0) is 23.8 Å². The Labute approximate surface area is 195 Å². The van der Waals surface area contributed by atoms with Crippen LogP contribution in [0.4, 0.5) is 0 Å². The maximum atomic E-state index is 12.7. The largest absolute Gasteiger partial charge is 0.449 e. The van der Waals surface area contributed by atoms with Gasteiger partial charge in [0.05, 0.1) is 11.5 Å². The number of carbonyl (C=O) groups excluding carboxylic acids is 5. The summed E-state index contributed by atoms with van der Waals surface area (Å²) in [5.74, 6) is -4.29. The van der Waals surface area contributed by atoms with Crippen LogP contribution < -0.4 is 0 Å². The lowest BCUT2D eigenvalue weighted by Gasteiger charge is -2.25. The van der Waals surface area contributed by atoms with Crippen molar-refractivity contribution in [3.8, 4) is 0 Å². The molecular weight excluding hydrogens is 444 g/mol. The van der Waals surface area contributed by atoms with E-state index < -0.39 is 42.0 Å². The van der Waals surface area contributed by atoms with Gasteiger partial charge in [-0.1, -0.05) is 38.1 Å². The first-order valence-electron chi connectivity index (χ1n) is 11.1. The molecule has 0 bridgehead atoms. The summed E-state index contributed by atoms with van der Waals surface area (Å²) in [7, 11) is 0.